The Labute approximate surface area is 93.7 Å². The van der Waals surface area contributed by atoms with Gasteiger partial charge in [-0.05, 0) is 41.5 Å². The van der Waals surface area contributed by atoms with Gasteiger partial charge in [-0.15, -0.1) is 0 Å². The molecule has 0 atom stereocenters. The molecule has 0 aliphatic heterocycles. The SMILES string of the molecule is C=C(C)C(=O)N(CC)N(C(C)C)C(C)C. The zero-order valence-corrected chi connectivity index (χ0v) is 10.9. The van der Waals surface area contributed by atoms with E-state index in [-0.39, 0.29) is 5.91 Å². The summed E-state index contributed by atoms with van der Waals surface area (Å²) in [6.07, 6.45) is 0. The molecule has 3 nitrogen and oxygen atoms in total. The number of nitrogens with zero attached hydrogens (tertiary/aromatic N) is 2. The van der Waals surface area contributed by atoms with Gasteiger partial charge in [0.2, 0.25) is 0 Å². The van der Waals surface area contributed by atoms with Crippen LogP contribution in [-0.2, 0) is 4.79 Å². The highest BCUT2D eigenvalue weighted by Gasteiger charge is 2.24. The minimum absolute atomic E-state index is 0.0138. The predicted octanol–water partition coefficient (Wildman–Crippen LogP) is 2.44. The summed E-state index contributed by atoms with van der Waals surface area (Å²) in [5.41, 5.74) is 0.586. The quantitative estimate of drug-likeness (QED) is 0.516. The fourth-order valence-corrected chi connectivity index (χ4v) is 1.79. The summed E-state index contributed by atoms with van der Waals surface area (Å²) in [7, 11) is 0. The Morgan fingerprint density at radius 3 is 1.80 bits per heavy atom. The van der Waals surface area contributed by atoms with Crippen LogP contribution in [0.5, 0.6) is 0 Å². The van der Waals surface area contributed by atoms with Crippen LogP contribution in [0.1, 0.15) is 41.5 Å². The highest BCUT2D eigenvalue weighted by atomic mass is 16.2. The van der Waals surface area contributed by atoms with Crippen molar-refractivity contribution in [3.05, 3.63) is 12.2 Å². The van der Waals surface area contributed by atoms with E-state index < -0.39 is 0 Å². The number of rotatable bonds is 5. The molecule has 0 saturated carbocycles. The lowest BCUT2D eigenvalue weighted by molar-refractivity contribution is -0.152. The van der Waals surface area contributed by atoms with E-state index in [1.54, 1.807) is 11.9 Å². The molecule has 0 aliphatic rings. The standard InChI is InChI=1S/C12H24N2O/c1-8-13(12(15)9(2)3)14(10(4)5)11(6)7/h10-11H,2,8H2,1,3-7H3. The Bertz CT molecular complexity index is 226. The van der Waals surface area contributed by atoms with E-state index in [1.165, 1.54) is 0 Å². The Kier molecular flexibility index (Phi) is 5.58. The molecule has 0 aromatic carbocycles. The summed E-state index contributed by atoms with van der Waals surface area (Å²) < 4.78 is 0. The zero-order chi connectivity index (χ0) is 12.2. The fraction of sp³-hybridized carbons (Fsp3) is 0.750. The minimum Gasteiger partial charge on any atom is -0.271 e. The van der Waals surface area contributed by atoms with Gasteiger partial charge in [-0.2, -0.15) is 0 Å². The van der Waals surface area contributed by atoms with Gasteiger partial charge in [0.15, 0.2) is 0 Å². The third-order valence-electron chi connectivity index (χ3n) is 2.24. The molecule has 0 fully saturated rings. The topological polar surface area (TPSA) is 23.6 Å². The predicted molar refractivity (Wildman–Crippen MR) is 64.3 cm³/mol. The number of hydrogen-bond acceptors (Lipinski definition) is 2. The fourth-order valence-electron chi connectivity index (χ4n) is 1.79. The van der Waals surface area contributed by atoms with Crippen LogP contribution in [-0.4, -0.2) is 34.6 Å². The molecular weight excluding hydrogens is 188 g/mol. The van der Waals surface area contributed by atoms with Crippen molar-refractivity contribution in [3.8, 4) is 0 Å². The molecule has 0 rings (SSSR count). The maximum Gasteiger partial charge on any atom is 0.263 e. The summed E-state index contributed by atoms with van der Waals surface area (Å²) in [4.78, 5) is 11.9. The van der Waals surface area contributed by atoms with E-state index in [0.717, 1.165) is 0 Å². The molecule has 0 N–H and O–H groups in total. The Morgan fingerprint density at radius 2 is 1.60 bits per heavy atom. The molecule has 0 aromatic heterocycles. The summed E-state index contributed by atoms with van der Waals surface area (Å²) in [5, 5.41) is 3.87. The highest BCUT2D eigenvalue weighted by Crippen LogP contribution is 2.12. The summed E-state index contributed by atoms with van der Waals surface area (Å²) in [6.45, 7) is 16.5. The van der Waals surface area contributed by atoms with Crippen LogP contribution >= 0.6 is 0 Å². The summed E-state index contributed by atoms with van der Waals surface area (Å²) in [6, 6.07) is 0.626. The van der Waals surface area contributed by atoms with Gasteiger partial charge in [0.25, 0.3) is 5.91 Å². The van der Waals surface area contributed by atoms with Crippen molar-refractivity contribution in [3.63, 3.8) is 0 Å². The van der Waals surface area contributed by atoms with Crippen molar-refractivity contribution >= 4 is 5.91 Å². The second-order valence-corrected chi connectivity index (χ2v) is 4.37. The van der Waals surface area contributed by atoms with E-state index in [4.69, 9.17) is 0 Å². The second kappa shape index (κ2) is 5.91. The van der Waals surface area contributed by atoms with Gasteiger partial charge in [0, 0.05) is 24.2 Å². The minimum atomic E-state index is 0.0138. The van der Waals surface area contributed by atoms with Crippen molar-refractivity contribution in [2.24, 2.45) is 0 Å². The molecule has 1 amide bonds. The molecule has 0 radical (unpaired) electrons. The first kappa shape index (κ1) is 14.2. The van der Waals surface area contributed by atoms with Crippen LogP contribution < -0.4 is 0 Å². The van der Waals surface area contributed by atoms with Crippen LogP contribution in [0.3, 0.4) is 0 Å². The monoisotopic (exact) mass is 212 g/mol. The van der Waals surface area contributed by atoms with Crippen LogP contribution in [0, 0.1) is 0 Å². The number of hydrazine groups is 1. The van der Waals surface area contributed by atoms with Crippen molar-refractivity contribution in [2.45, 2.75) is 53.6 Å². The van der Waals surface area contributed by atoms with Gasteiger partial charge in [-0.3, -0.25) is 9.80 Å². The molecule has 88 valence electrons. The molecule has 0 spiro atoms. The first-order chi connectivity index (χ1) is 6.82. The molecule has 0 heterocycles. The highest BCUT2D eigenvalue weighted by molar-refractivity contribution is 5.91. The Morgan fingerprint density at radius 1 is 1.20 bits per heavy atom. The van der Waals surface area contributed by atoms with E-state index in [9.17, 15) is 4.79 Å². The van der Waals surface area contributed by atoms with E-state index in [0.29, 0.717) is 24.2 Å². The molecule has 0 aromatic rings. The first-order valence-corrected chi connectivity index (χ1v) is 5.58. The lowest BCUT2D eigenvalue weighted by Gasteiger charge is -2.40. The summed E-state index contributed by atoms with van der Waals surface area (Å²) >= 11 is 0. The number of carbonyl (C=O) groups is 1. The molecule has 0 aliphatic carbocycles. The number of carbonyl (C=O) groups excluding carboxylic acids is 1. The third-order valence-corrected chi connectivity index (χ3v) is 2.24. The maximum absolute atomic E-state index is 11.9. The van der Waals surface area contributed by atoms with Crippen molar-refractivity contribution in [1.82, 2.24) is 10.0 Å². The normalized spacial score (nSPS) is 11.3. The van der Waals surface area contributed by atoms with Gasteiger partial charge in [0.1, 0.15) is 0 Å². The smallest absolute Gasteiger partial charge is 0.263 e. The molecule has 0 saturated heterocycles. The van der Waals surface area contributed by atoms with Gasteiger partial charge < -0.3 is 0 Å². The van der Waals surface area contributed by atoms with Crippen molar-refractivity contribution in [1.29, 1.82) is 0 Å². The van der Waals surface area contributed by atoms with Crippen LogP contribution in [0.2, 0.25) is 0 Å². The largest absolute Gasteiger partial charge is 0.271 e. The maximum atomic E-state index is 11.9. The average Bonchev–Trinajstić information content (AvgIpc) is 2.10. The van der Waals surface area contributed by atoms with Gasteiger partial charge >= 0.3 is 0 Å². The van der Waals surface area contributed by atoms with E-state index in [1.807, 2.05) is 6.92 Å². The summed E-state index contributed by atoms with van der Waals surface area (Å²) in [5.74, 6) is 0.0138. The van der Waals surface area contributed by atoms with Crippen molar-refractivity contribution in [2.75, 3.05) is 6.54 Å². The lowest BCUT2D eigenvalue weighted by atomic mass is 10.2. The van der Waals surface area contributed by atoms with Crippen LogP contribution in [0.15, 0.2) is 12.2 Å². The first-order valence-electron chi connectivity index (χ1n) is 5.58. The van der Waals surface area contributed by atoms with E-state index >= 15 is 0 Å². The Hall–Kier alpha value is -0.830. The zero-order valence-electron chi connectivity index (χ0n) is 10.9. The van der Waals surface area contributed by atoms with Crippen LogP contribution in [0.4, 0.5) is 0 Å². The van der Waals surface area contributed by atoms with Gasteiger partial charge in [-0.25, -0.2) is 5.01 Å². The third kappa shape index (κ3) is 3.67. The molecule has 15 heavy (non-hydrogen) atoms. The van der Waals surface area contributed by atoms with Gasteiger partial charge in [0.05, 0.1) is 0 Å². The molecule has 3 heteroatoms. The average molecular weight is 212 g/mol. The molecular formula is C12H24N2O. The number of likely N-dealkylation sites (N-methyl/N-ethyl adjacent to an activating group) is 1. The van der Waals surface area contributed by atoms with Crippen LogP contribution in [0.25, 0.3) is 0 Å². The number of amides is 1. The molecule has 0 unspecified atom stereocenters. The van der Waals surface area contributed by atoms with Crippen molar-refractivity contribution < 1.29 is 4.79 Å². The Balaban J connectivity index is 4.90. The molecule has 0 bridgehead atoms. The lowest BCUT2D eigenvalue weighted by Crippen LogP contribution is -2.53. The van der Waals surface area contributed by atoms with E-state index in [2.05, 4.69) is 39.3 Å². The number of hydrogen-bond donors (Lipinski definition) is 0. The second-order valence-electron chi connectivity index (χ2n) is 4.37. The van der Waals surface area contributed by atoms with Gasteiger partial charge in [-0.1, -0.05) is 6.58 Å².